The molecule has 100 valence electrons. The number of hydrogen-bond acceptors (Lipinski definition) is 3. The standard InChI is InChI=1S/C16H15N3O/c1-12-6-7-13(4-2-8-17)15(10-12)19-16(20)14-5-3-9-18-11-14/h3,5-7,9-11H,8,17H2,1H3,(H,19,20). The Morgan fingerprint density at radius 1 is 1.40 bits per heavy atom. The molecule has 2 aromatic rings. The van der Waals surface area contributed by atoms with Crippen molar-refractivity contribution < 1.29 is 4.79 Å². The molecule has 0 aliphatic carbocycles. The molecule has 0 atom stereocenters. The van der Waals surface area contributed by atoms with Gasteiger partial charge < -0.3 is 11.1 Å². The Balaban J connectivity index is 2.28. The van der Waals surface area contributed by atoms with E-state index in [9.17, 15) is 4.79 Å². The second-order valence-electron chi connectivity index (χ2n) is 4.25. The fourth-order valence-electron chi connectivity index (χ4n) is 1.71. The minimum atomic E-state index is -0.209. The van der Waals surface area contributed by atoms with Gasteiger partial charge in [0.2, 0.25) is 0 Å². The smallest absolute Gasteiger partial charge is 0.257 e. The summed E-state index contributed by atoms with van der Waals surface area (Å²) in [5.74, 6) is 5.53. The predicted molar refractivity (Wildman–Crippen MR) is 79.3 cm³/mol. The topological polar surface area (TPSA) is 68.0 Å². The third-order valence-corrected chi connectivity index (χ3v) is 2.67. The van der Waals surface area contributed by atoms with Crippen LogP contribution in [0.1, 0.15) is 21.5 Å². The van der Waals surface area contributed by atoms with Crippen LogP contribution in [0.25, 0.3) is 0 Å². The Labute approximate surface area is 118 Å². The molecule has 1 aromatic heterocycles. The van der Waals surface area contributed by atoms with Gasteiger partial charge in [-0.25, -0.2) is 0 Å². The number of carbonyl (C=O) groups is 1. The summed E-state index contributed by atoms with van der Waals surface area (Å²) in [6, 6.07) is 9.13. The van der Waals surface area contributed by atoms with Gasteiger partial charge in [0.1, 0.15) is 0 Å². The molecule has 0 spiro atoms. The van der Waals surface area contributed by atoms with Gasteiger partial charge in [0, 0.05) is 18.0 Å². The highest BCUT2D eigenvalue weighted by Crippen LogP contribution is 2.17. The number of nitrogens with one attached hydrogen (secondary N) is 1. The van der Waals surface area contributed by atoms with E-state index in [-0.39, 0.29) is 12.5 Å². The molecule has 0 saturated carbocycles. The van der Waals surface area contributed by atoms with Crippen molar-refractivity contribution in [2.24, 2.45) is 5.73 Å². The van der Waals surface area contributed by atoms with Gasteiger partial charge in [-0.15, -0.1) is 0 Å². The van der Waals surface area contributed by atoms with E-state index in [0.29, 0.717) is 11.3 Å². The Kier molecular flexibility index (Phi) is 4.48. The summed E-state index contributed by atoms with van der Waals surface area (Å²) in [7, 11) is 0. The van der Waals surface area contributed by atoms with E-state index in [4.69, 9.17) is 5.73 Å². The number of rotatable bonds is 2. The van der Waals surface area contributed by atoms with Crippen LogP contribution in [-0.4, -0.2) is 17.4 Å². The third-order valence-electron chi connectivity index (χ3n) is 2.67. The Bertz CT molecular complexity index is 669. The number of hydrogen-bond donors (Lipinski definition) is 2. The SMILES string of the molecule is Cc1ccc(C#CCN)c(NC(=O)c2cccnc2)c1. The highest BCUT2D eigenvalue weighted by atomic mass is 16.1. The monoisotopic (exact) mass is 265 g/mol. The summed E-state index contributed by atoms with van der Waals surface area (Å²) >= 11 is 0. The van der Waals surface area contributed by atoms with Crippen molar-refractivity contribution in [3.8, 4) is 11.8 Å². The zero-order valence-corrected chi connectivity index (χ0v) is 11.2. The normalized spacial score (nSPS) is 9.50. The molecule has 0 saturated heterocycles. The third kappa shape index (κ3) is 3.44. The number of carbonyl (C=O) groups excluding carboxylic acids is 1. The van der Waals surface area contributed by atoms with E-state index >= 15 is 0 Å². The lowest BCUT2D eigenvalue weighted by atomic mass is 10.1. The van der Waals surface area contributed by atoms with Gasteiger partial charge in [-0.1, -0.05) is 17.9 Å². The first-order valence-electron chi connectivity index (χ1n) is 6.21. The average molecular weight is 265 g/mol. The average Bonchev–Trinajstić information content (AvgIpc) is 2.47. The molecule has 0 bridgehead atoms. The number of pyridine rings is 1. The predicted octanol–water partition coefficient (Wildman–Crippen LogP) is 1.95. The number of aromatic nitrogens is 1. The van der Waals surface area contributed by atoms with Crippen molar-refractivity contribution in [3.63, 3.8) is 0 Å². The molecule has 4 heteroatoms. The van der Waals surface area contributed by atoms with Crippen LogP contribution < -0.4 is 11.1 Å². The molecule has 20 heavy (non-hydrogen) atoms. The molecule has 4 nitrogen and oxygen atoms in total. The van der Waals surface area contributed by atoms with Crippen LogP contribution in [0.2, 0.25) is 0 Å². The summed E-state index contributed by atoms with van der Waals surface area (Å²) in [5, 5.41) is 2.85. The van der Waals surface area contributed by atoms with E-state index in [2.05, 4.69) is 22.1 Å². The number of amides is 1. The van der Waals surface area contributed by atoms with Crippen LogP contribution in [0.3, 0.4) is 0 Å². The summed E-state index contributed by atoms with van der Waals surface area (Å²) < 4.78 is 0. The van der Waals surface area contributed by atoms with Gasteiger partial charge >= 0.3 is 0 Å². The van der Waals surface area contributed by atoms with Crippen LogP contribution >= 0.6 is 0 Å². The second-order valence-corrected chi connectivity index (χ2v) is 4.25. The minimum absolute atomic E-state index is 0.209. The molecule has 1 heterocycles. The molecule has 0 radical (unpaired) electrons. The summed E-state index contributed by atoms with van der Waals surface area (Å²) in [6.07, 6.45) is 3.15. The lowest BCUT2D eigenvalue weighted by molar-refractivity contribution is 0.102. The zero-order chi connectivity index (χ0) is 14.4. The van der Waals surface area contributed by atoms with Crippen molar-refractivity contribution in [2.45, 2.75) is 6.92 Å². The Morgan fingerprint density at radius 2 is 2.25 bits per heavy atom. The molecule has 0 aliphatic rings. The largest absolute Gasteiger partial charge is 0.321 e. The van der Waals surface area contributed by atoms with Gasteiger partial charge in [0.15, 0.2) is 0 Å². The van der Waals surface area contributed by atoms with E-state index in [1.807, 2.05) is 25.1 Å². The molecular weight excluding hydrogens is 250 g/mol. The molecule has 3 N–H and O–H groups in total. The minimum Gasteiger partial charge on any atom is -0.321 e. The highest BCUT2D eigenvalue weighted by Gasteiger charge is 2.08. The van der Waals surface area contributed by atoms with Crippen molar-refractivity contribution in [3.05, 3.63) is 59.4 Å². The number of aryl methyl sites for hydroxylation is 1. The Morgan fingerprint density at radius 3 is 2.95 bits per heavy atom. The molecule has 0 fully saturated rings. The summed E-state index contributed by atoms with van der Waals surface area (Å²) in [6.45, 7) is 2.24. The van der Waals surface area contributed by atoms with Gasteiger partial charge in [-0.3, -0.25) is 9.78 Å². The maximum Gasteiger partial charge on any atom is 0.257 e. The molecule has 2 rings (SSSR count). The summed E-state index contributed by atoms with van der Waals surface area (Å²) in [5.41, 5.74) is 8.36. The first-order valence-corrected chi connectivity index (χ1v) is 6.21. The number of benzene rings is 1. The maximum absolute atomic E-state index is 12.1. The van der Waals surface area contributed by atoms with Crippen LogP contribution in [0, 0.1) is 18.8 Å². The number of anilines is 1. The number of nitrogens with two attached hydrogens (primary N) is 1. The first-order chi connectivity index (χ1) is 9.70. The summed E-state index contributed by atoms with van der Waals surface area (Å²) in [4.78, 5) is 16.1. The van der Waals surface area contributed by atoms with E-state index < -0.39 is 0 Å². The molecule has 1 amide bonds. The molecule has 1 aromatic carbocycles. The van der Waals surface area contributed by atoms with Crippen LogP contribution in [-0.2, 0) is 0 Å². The van der Waals surface area contributed by atoms with Crippen LogP contribution in [0.15, 0.2) is 42.7 Å². The van der Waals surface area contributed by atoms with E-state index in [0.717, 1.165) is 11.1 Å². The van der Waals surface area contributed by atoms with Gasteiger partial charge in [0.25, 0.3) is 5.91 Å². The van der Waals surface area contributed by atoms with Gasteiger partial charge in [-0.2, -0.15) is 0 Å². The van der Waals surface area contributed by atoms with Crippen LogP contribution in [0.4, 0.5) is 5.69 Å². The van der Waals surface area contributed by atoms with Gasteiger partial charge in [0.05, 0.1) is 17.8 Å². The maximum atomic E-state index is 12.1. The highest BCUT2D eigenvalue weighted by molar-refractivity contribution is 6.04. The van der Waals surface area contributed by atoms with E-state index in [1.54, 1.807) is 18.3 Å². The zero-order valence-electron chi connectivity index (χ0n) is 11.2. The second kappa shape index (κ2) is 6.50. The van der Waals surface area contributed by atoms with Crippen LogP contribution in [0.5, 0.6) is 0 Å². The van der Waals surface area contributed by atoms with Crippen molar-refractivity contribution in [1.29, 1.82) is 0 Å². The quantitative estimate of drug-likeness (QED) is 0.815. The van der Waals surface area contributed by atoms with Crippen molar-refractivity contribution in [2.75, 3.05) is 11.9 Å². The fraction of sp³-hybridized carbons (Fsp3) is 0.125. The molecule has 0 unspecified atom stereocenters. The Hall–Kier alpha value is -2.64. The molecule has 0 aliphatic heterocycles. The fourth-order valence-corrected chi connectivity index (χ4v) is 1.71. The van der Waals surface area contributed by atoms with Crippen molar-refractivity contribution in [1.82, 2.24) is 4.98 Å². The number of nitrogens with zero attached hydrogens (tertiary/aromatic N) is 1. The molecular formula is C16H15N3O. The lowest BCUT2D eigenvalue weighted by Crippen LogP contribution is -2.13. The van der Waals surface area contributed by atoms with E-state index in [1.165, 1.54) is 6.20 Å². The lowest BCUT2D eigenvalue weighted by Gasteiger charge is -2.08. The van der Waals surface area contributed by atoms with Crippen molar-refractivity contribution >= 4 is 11.6 Å². The first kappa shape index (κ1) is 13.8. The van der Waals surface area contributed by atoms with Gasteiger partial charge in [-0.05, 0) is 36.8 Å².